The average Bonchev–Trinajstić information content (AvgIpc) is 3.53. The van der Waals surface area contributed by atoms with Gasteiger partial charge in [0.2, 0.25) is 5.91 Å². The summed E-state index contributed by atoms with van der Waals surface area (Å²) in [5.41, 5.74) is 0.922. The minimum Gasteiger partial charge on any atom is -0.337 e. The van der Waals surface area contributed by atoms with Crippen LogP contribution in [0.4, 0.5) is 16.3 Å². The molecule has 148 valence electrons. The minimum absolute atomic E-state index is 0.132. The van der Waals surface area contributed by atoms with E-state index in [-0.39, 0.29) is 17.9 Å². The molecule has 1 atom stereocenters. The second-order valence-electron chi connectivity index (χ2n) is 7.58. The van der Waals surface area contributed by atoms with Crippen molar-refractivity contribution in [3.05, 3.63) is 54.2 Å². The highest BCUT2D eigenvalue weighted by Crippen LogP contribution is 2.51. The maximum absolute atomic E-state index is 12.9. The predicted octanol–water partition coefficient (Wildman–Crippen LogP) is 3.10. The maximum atomic E-state index is 12.9. The topological polar surface area (TPSA) is 98.1 Å². The summed E-state index contributed by atoms with van der Waals surface area (Å²) < 4.78 is 0. The molecule has 3 amide bonds. The van der Waals surface area contributed by atoms with Gasteiger partial charge in [0.05, 0.1) is 6.07 Å². The maximum Gasteiger partial charge on any atom is 0.320 e. The van der Waals surface area contributed by atoms with Gasteiger partial charge in [-0.25, -0.2) is 9.78 Å². The zero-order valence-electron chi connectivity index (χ0n) is 16.1. The van der Waals surface area contributed by atoms with E-state index in [1.165, 1.54) is 0 Å². The smallest absolute Gasteiger partial charge is 0.320 e. The van der Waals surface area contributed by atoms with Crippen LogP contribution in [-0.4, -0.2) is 30.0 Å². The molecule has 29 heavy (non-hydrogen) atoms. The van der Waals surface area contributed by atoms with E-state index in [0.717, 1.165) is 24.8 Å². The quantitative estimate of drug-likeness (QED) is 0.793. The Labute approximate surface area is 169 Å². The molecule has 7 heteroatoms. The molecule has 1 aliphatic heterocycles. The predicted molar refractivity (Wildman–Crippen MR) is 109 cm³/mol. The van der Waals surface area contributed by atoms with Gasteiger partial charge in [-0.1, -0.05) is 30.3 Å². The first-order valence-corrected chi connectivity index (χ1v) is 9.90. The van der Waals surface area contributed by atoms with Gasteiger partial charge in [-0.2, -0.15) is 5.26 Å². The fraction of sp³-hybridized carbons (Fsp3) is 0.364. The number of nitriles is 1. The van der Waals surface area contributed by atoms with Crippen LogP contribution in [0.25, 0.3) is 0 Å². The van der Waals surface area contributed by atoms with Crippen molar-refractivity contribution >= 4 is 23.4 Å². The van der Waals surface area contributed by atoms with Crippen LogP contribution in [0.1, 0.15) is 24.8 Å². The largest absolute Gasteiger partial charge is 0.337 e. The number of anilines is 2. The third kappa shape index (κ3) is 3.92. The summed E-state index contributed by atoms with van der Waals surface area (Å²) >= 11 is 0. The highest BCUT2D eigenvalue weighted by molar-refractivity contribution is 6.02. The number of nitrogens with zero attached hydrogens (tertiary/aromatic N) is 3. The molecule has 0 spiro atoms. The highest BCUT2D eigenvalue weighted by Gasteiger charge is 2.56. The van der Waals surface area contributed by atoms with Gasteiger partial charge in [-0.15, -0.1) is 0 Å². The number of amides is 3. The van der Waals surface area contributed by atoms with E-state index in [4.69, 9.17) is 0 Å². The van der Waals surface area contributed by atoms with E-state index >= 15 is 0 Å². The highest BCUT2D eigenvalue weighted by atomic mass is 16.2. The molecule has 7 nitrogen and oxygen atoms in total. The van der Waals surface area contributed by atoms with E-state index < -0.39 is 5.41 Å². The Balaban J connectivity index is 1.36. The van der Waals surface area contributed by atoms with Crippen LogP contribution in [0.5, 0.6) is 0 Å². The Morgan fingerprint density at radius 3 is 2.79 bits per heavy atom. The fourth-order valence-corrected chi connectivity index (χ4v) is 3.91. The zero-order chi connectivity index (χ0) is 20.3. The fourth-order valence-electron chi connectivity index (χ4n) is 3.91. The molecule has 2 fully saturated rings. The molecule has 4 rings (SSSR count). The molecule has 1 aromatic heterocycles. The average molecular weight is 389 g/mol. The normalized spacial score (nSPS) is 20.9. The lowest BCUT2D eigenvalue weighted by molar-refractivity contribution is -0.123. The van der Waals surface area contributed by atoms with E-state index in [2.05, 4.69) is 21.7 Å². The van der Waals surface area contributed by atoms with E-state index in [0.29, 0.717) is 31.0 Å². The number of nitrogens with one attached hydrogen (secondary N) is 2. The Hall–Kier alpha value is -3.40. The molecule has 2 N–H and O–H groups in total. The molecular formula is C22H23N5O2. The Morgan fingerprint density at radius 2 is 2.07 bits per heavy atom. The number of pyridine rings is 1. The van der Waals surface area contributed by atoms with Crippen molar-refractivity contribution in [1.29, 1.82) is 5.26 Å². The van der Waals surface area contributed by atoms with Gasteiger partial charge in [0.15, 0.2) is 0 Å². The molecule has 1 aromatic carbocycles. The summed E-state index contributed by atoms with van der Waals surface area (Å²) in [5, 5.41) is 15.1. The SMILES string of the molecule is N#C[C@@]1(C2CC2)CCN(c2ccnc(NC(=O)NCCc3ccccc3)c2)C1=O. The van der Waals surface area contributed by atoms with Gasteiger partial charge in [0.25, 0.3) is 0 Å². The third-order valence-electron chi connectivity index (χ3n) is 5.67. The Morgan fingerprint density at radius 1 is 1.28 bits per heavy atom. The van der Waals surface area contributed by atoms with E-state index in [1.54, 1.807) is 23.2 Å². The summed E-state index contributed by atoms with van der Waals surface area (Å²) in [6, 6.07) is 15.3. The van der Waals surface area contributed by atoms with Crippen molar-refractivity contribution in [3.63, 3.8) is 0 Å². The molecule has 0 bridgehead atoms. The van der Waals surface area contributed by atoms with Gasteiger partial charge in [0.1, 0.15) is 11.2 Å². The second-order valence-corrected chi connectivity index (χ2v) is 7.58. The molecule has 2 aromatic rings. The van der Waals surface area contributed by atoms with Crippen molar-refractivity contribution in [1.82, 2.24) is 10.3 Å². The summed E-state index contributed by atoms with van der Waals surface area (Å²) in [6.07, 6.45) is 4.74. The van der Waals surface area contributed by atoms with Crippen LogP contribution in [-0.2, 0) is 11.2 Å². The van der Waals surface area contributed by atoms with E-state index in [1.807, 2.05) is 30.3 Å². The number of urea groups is 1. The van der Waals surface area contributed by atoms with Gasteiger partial charge >= 0.3 is 6.03 Å². The van der Waals surface area contributed by atoms with Gasteiger partial charge < -0.3 is 10.2 Å². The van der Waals surface area contributed by atoms with Crippen LogP contribution < -0.4 is 15.5 Å². The molecule has 1 saturated heterocycles. The number of carbonyl (C=O) groups is 2. The standard InChI is InChI=1S/C22H23N5O2/c23-15-22(17-6-7-17)10-13-27(20(22)28)18-9-12-24-19(14-18)26-21(29)25-11-8-16-4-2-1-3-5-16/h1-5,9,12,14,17H,6-8,10-11,13H2,(H2,24,25,26,29)/t22-/m1/s1. The van der Waals surface area contributed by atoms with Crippen molar-refractivity contribution in [3.8, 4) is 6.07 Å². The summed E-state index contributed by atoms with van der Waals surface area (Å²) in [6.45, 7) is 1.02. The van der Waals surface area contributed by atoms with Crippen LogP contribution >= 0.6 is 0 Å². The molecule has 2 aliphatic rings. The summed E-state index contributed by atoms with van der Waals surface area (Å²) in [4.78, 5) is 30.9. The molecule has 1 aliphatic carbocycles. The third-order valence-corrected chi connectivity index (χ3v) is 5.67. The number of aromatic nitrogens is 1. The van der Waals surface area contributed by atoms with Crippen molar-refractivity contribution in [2.45, 2.75) is 25.7 Å². The molecular weight excluding hydrogens is 366 g/mol. The van der Waals surface area contributed by atoms with Crippen molar-refractivity contribution < 1.29 is 9.59 Å². The summed E-state index contributed by atoms with van der Waals surface area (Å²) in [7, 11) is 0. The molecule has 1 saturated carbocycles. The minimum atomic E-state index is -0.883. The van der Waals surface area contributed by atoms with Crippen molar-refractivity contribution in [2.75, 3.05) is 23.3 Å². The molecule has 0 unspecified atom stereocenters. The van der Waals surface area contributed by atoms with Gasteiger partial charge in [-0.05, 0) is 43.2 Å². The lowest BCUT2D eigenvalue weighted by atomic mass is 9.83. The number of hydrogen-bond donors (Lipinski definition) is 2. The van der Waals surface area contributed by atoms with Crippen LogP contribution in [0.15, 0.2) is 48.7 Å². The molecule has 0 radical (unpaired) electrons. The number of rotatable bonds is 6. The van der Waals surface area contributed by atoms with Gasteiger partial charge in [0, 0.05) is 31.0 Å². The Bertz CT molecular complexity index is 951. The second kappa shape index (κ2) is 7.92. The first kappa shape index (κ1) is 18.9. The van der Waals surface area contributed by atoms with Crippen molar-refractivity contribution in [2.24, 2.45) is 11.3 Å². The molecule has 2 heterocycles. The zero-order valence-corrected chi connectivity index (χ0v) is 16.1. The van der Waals surface area contributed by atoms with Gasteiger partial charge in [-0.3, -0.25) is 10.1 Å². The number of benzene rings is 1. The van der Waals surface area contributed by atoms with Crippen LogP contribution in [0.2, 0.25) is 0 Å². The first-order valence-electron chi connectivity index (χ1n) is 9.90. The lowest BCUT2D eigenvalue weighted by Gasteiger charge is -2.21. The summed E-state index contributed by atoms with van der Waals surface area (Å²) in [5.74, 6) is 0.417. The Kier molecular flexibility index (Phi) is 5.17. The monoisotopic (exact) mass is 389 g/mol. The number of hydrogen-bond acceptors (Lipinski definition) is 4. The number of carbonyl (C=O) groups excluding carboxylic acids is 2. The first-order chi connectivity index (χ1) is 14.1. The van der Waals surface area contributed by atoms with Crippen LogP contribution in [0, 0.1) is 22.7 Å². The van der Waals surface area contributed by atoms with E-state index in [9.17, 15) is 14.9 Å². The van der Waals surface area contributed by atoms with Crippen LogP contribution in [0.3, 0.4) is 0 Å². The lowest BCUT2D eigenvalue weighted by Crippen LogP contribution is -2.35.